The lowest BCUT2D eigenvalue weighted by Gasteiger charge is -2.09. The van der Waals surface area contributed by atoms with Crippen molar-refractivity contribution in [2.45, 2.75) is 39.2 Å². The van der Waals surface area contributed by atoms with Gasteiger partial charge in [0.2, 0.25) is 5.91 Å². The number of carbonyl (C=O) groups is 1. The van der Waals surface area contributed by atoms with Crippen LogP contribution in [0.2, 0.25) is 0 Å². The molecule has 0 atom stereocenters. The minimum atomic E-state index is 0.215. The van der Waals surface area contributed by atoms with Crippen LogP contribution in [-0.2, 0) is 11.3 Å². The summed E-state index contributed by atoms with van der Waals surface area (Å²) in [7, 11) is 3.60. The Morgan fingerprint density at radius 2 is 2.19 bits per heavy atom. The molecular weight excluding hydrogens is 202 g/mol. The third kappa shape index (κ3) is 4.04. The Labute approximate surface area is 97.3 Å². The van der Waals surface area contributed by atoms with Crippen LogP contribution >= 0.6 is 0 Å². The number of amides is 1. The highest BCUT2D eigenvalue weighted by molar-refractivity contribution is 5.75. The molecule has 89 valence electrons. The van der Waals surface area contributed by atoms with Gasteiger partial charge in [0.05, 0.1) is 0 Å². The van der Waals surface area contributed by atoms with Crippen LogP contribution in [0.1, 0.15) is 31.5 Å². The quantitative estimate of drug-likeness (QED) is 0.686. The van der Waals surface area contributed by atoms with Crippen LogP contribution < -0.4 is 0 Å². The zero-order chi connectivity index (χ0) is 12.0. The van der Waals surface area contributed by atoms with Crippen molar-refractivity contribution in [1.29, 1.82) is 0 Å². The van der Waals surface area contributed by atoms with E-state index in [9.17, 15) is 4.79 Å². The van der Waals surface area contributed by atoms with Gasteiger partial charge in [0.15, 0.2) is 0 Å². The average Bonchev–Trinajstić information content (AvgIpc) is 2.63. The van der Waals surface area contributed by atoms with Crippen LogP contribution in [0.25, 0.3) is 0 Å². The van der Waals surface area contributed by atoms with Crippen molar-refractivity contribution in [3.05, 3.63) is 18.2 Å². The number of unbranched alkanes of at least 4 members (excludes halogenated alkanes) is 2. The molecule has 4 nitrogen and oxygen atoms in total. The molecule has 1 amide bonds. The summed E-state index contributed by atoms with van der Waals surface area (Å²) in [6.07, 6.45) is 8.49. The highest BCUT2D eigenvalue weighted by Crippen LogP contribution is 2.05. The lowest BCUT2D eigenvalue weighted by molar-refractivity contribution is -0.128. The first-order valence-electron chi connectivity index (χ1n) is 5.71. The molecule has 0 unspecified atom stereocenters. The second kappa shape index (κ2) is 6.30. The van der Waals surface area contributed by atoms with Crippen LogP contribution in [0.5, 0.6) is 0 Å². The maximum absolute atomic E-state index is 11.3. The van der Waals surface area contributed by atoms with Crippen molar-refractivity contribution < 1.29 is 4.79 Å². The van der Waals surface area contributed by atoms with E-state index in [0.717, 1.165) is 31.6 Å². The lowest BCUT2D eigenvalue weighted by Crippen LogP contribution is -2.21. The largest absolute Gasteiger partial charge is 0.349 e. The molecule has 1 rings (SSSR count). The first-order valence-corrected chi connectivity index (χ1v) is 5.71. The van der Waals surface area contributed by atoms with Gasteiger partial charge in [-0.25, -0.2) is 4.98 Å². The molecule has 0 saturated carbocycles. The molecule has 1 radical (unpaired) electrons. The molecule has 0 aliphatic carbocycles. The topological polar surface area (TPSA) is 38.1 Å². The van der Waals surface area contributed by atoms with Crippen molar-refractivity contribution in [2.24, 2.45) is 0 Å². The van der Waals surface area contributed by atoms with Crippen LogP contribution in [0.3, 0.4) is 0 Å². The van der Waals surface area contributed by atoms with Crippen LogP contribution in [-0.4, -0.2) is 34.5 Å². The Kier molecular flexibility index (Phi) is 5.02. The smallest absolute Gasteiger partial charge is 0.222 e. The number of imidazole rings is 1. The van der Waals surface area contributed by atoms with Crippen molar-refractivity contribution in [1.82, 2.24) is 14.5 Å². The van der Waals surface area contributed by atoms with Gasteiger partial charge in [-0.05, 0) is 19.8 Å². The molecule has 0 aromatic carbocycles. The van der Waals surface area contributed by atoms with E-state index in [0.29, 0.717) is 6.42 Å². The number of hydrogen-bond acceptors (Lipinski definition) is 2. The molecule has 16 heavy (non-hydrogen) atoms. The third-order valence-electron chi connectivity index (χ3n) is 2.64. The molecule has 0 fully saturated rings. The fourth-order valence-electron chi connectivity index (χ4n) is 1.53. The monoisotopic (exact) mass is 222 g/mol. The number of carbonyl (C=O) groups excluding carboxylic acids is 1. The van der Waals surface area contributed by atoms with Gasteiger partial charge in [0, 0.05) is 33.3 Å². The fourth-order valence-corrected chi connectivity index (χ4v) is 1.53. The van der Waals surface area contributed by atoms with Crippen LogP contribution in [0.15, 0.2) is 6.20 Å². The van der Waals surface area contributed by atoms with Crippen molar-refractivity contribution in [2.75, 3.05) is 14.1 Å². The molecular formula is C12H20N3O. The van der Waals surface area contributed by atoms with Gasteiger partial charge in [-0.3, -0.25) is 4.79 Å². The first-order chi connectivity index (χ1) is 7.61. The van der Waals surface area contributed by atoms with E-state index in [1.807, 2.05) is 13.1 Å². The van der Waals surface area contributed by atoms with Crippen molar-refractivity contribution >= 4 is 5.91 Å². The maximum Gasteiger partial charge on any atom is 0.222 e. The summed E-state index contributed by atoms with van der Waals surface area (Å²) >= 11 is 0. The number of hydrogen-bond donors (Lipinski definition) is 0. The molecule has 0 aliphatic rings. The van der Waals surface area contributed by atoms with Gasteiger partial charge in [-0.15, -0.1) is 0 Å². The Morgan fingerprint density at radius 1 is 1.44 bits per heavy atom. The van der Waals surface area contributed by atoms with E-state index in [-0.39, 0.29) is 5.91 Å². The molecule has 0 saturated heterocycles. The van der Waals surface area contributed by atoms with Crippen molar-refractivity contribution in [3.63, 3.8) is 0 Å². The van der Waals surface area contributed by atoms with Gasteiger partial charge in [-0.2, -0.15) is 0 Å². The number of nitrogens with zero attached hydrogens (tertiary/aromatic N) is 3. The number of aryl methyl sites for hydroxylation is 2. The van der Waals surface area contributed by atoms with Gasteiger partial charge in [0.25, 0.3) is 0 Å². The Balaban J connectivity index is 2.09. The van der Waals surface area contributed by atoms with Gasteiger partial charge < -0.3 is 9.47 Å². The second-order valence-corrected chi connectivity index (χ2v) is 4.21. The van der Waals surface area contributed by atoms with E-state index in [2.05, 4.69) is 15.7 Å². The molecule has 0 bridgehead atoms. The Bertz CT molecular complexity index is 331. The normalized spacial score (nSPS) is 10.4. The molecule has 4 heteroatoms. The lowest BCUT2D eigenvalue weighted by atomic mass is 10.2. The minimum absolute atomic E-state index is 0.215. The number of rotatable bonds is 6. The average molecular weight is 222 g/mol. The van der Waals surface area contributed by atoms with E-state index in [4.69, 9.17) is 0 Å². The van der Waals surface area contributed by atoms with Crippen LogP contribution in [0.4, 0.5) is 0 Å². The molecule has 0 aliphatic heterocycles. The van der Waals surface area contributed by atoms with Gasteiger partial charge in [0.1, 0.15) is 12.0 Å². The summed E-state index contributed by atoms with van der Waals surface area (Å²) in [6.45, 7) is 2.95. The summed E-state index contributed by atoms with van der Waals surface area (Å²) < 4.78 is 2.09. The summed E-state index contributed by atoms with van der Waals surface area (Å²) in [5, 5.41) is 0. The van der Waals surface area contributed by atoms with E-state index < -0.39 is 0 Å². The van der Waals surface area contributed by atoms with E-state index in [1.165, 1.54) is 0 Å². The second-order valence-electron chi connectivity index (χ2n) is 4.21. The number of aromatic nitrogens is 2. The predicted octanol–water partition coefficient (Wildman–Crippen LogP) is 1.64. The zero-order valence-corrected chi connectivity index (χ0v) is 10.4. The Hall–Kier alpha value is -1.32. The molecule has 1 aromatic rings. The third-order valence-corrected chi connectivity index (χ3v) is 2.64. The Morgan fingerprint density at radius 3 is 2.75 bits per heavy atom. The van der Waals surface area contributed by atoms with Gasteiger partial charge in [-0.1, -0.05) is 6.42 Å². The van der Waals surface area contributed by atoms with E-state index >= 15 is 0 Å². The van der Waals surface area contributed by atoms with E-state index in [1.54, 1.807) is 19.0 Å². The molecule has 1 aromatic heterocycles. The zero-order valence-electron chi connectivity index (χ0n) is 10.4. The molecule has 0 N–H and O–H groups in total. The standard InChI is InChI=1S/C12H20N3O/c1-11-13-8-10-15(11)9-6-4-5-7-12(16)14(2)3/h10H,4-7,9H2,1-3H3. The SMILES string of the molecule is Cc1n[c]cn1CCCCCC(=O)N(C)C. The highest BCUT2D eigenvalue weighted by atomic mass is 16.2. The molecule has 0 spiro atoms. The van der Waals surface area contributed by atoms with Crippen LogP contribution in [0, 0.1) is 13.1 Å². The van der Waals surface area contributed by atoms with Gasteiger partial charge >= 0.3 is 0 Å². The fraction of sp³-hybridized carbons (Fsp3) is 0.667. The summed E-state index contributed by atoms with van der Waals surface area (Å²) in [4.78, 5) is 17.0. The summed E-state index contributed by atoms with van der Waals surface area (Å²) in [5.74, 6) is 1.22. The highest BCUT2D eigenvalue weighted by Gasteiger charge is 2.03. The predicted molar refractivity (Wildman–Crippen MR) is 63.0 cm³/mol. The minimum Gasteiger partial charge on any atom is -0.349 e. The summed E-state index contributed by atoms with van der Waals surface area (Å²) in [6, 6.07) is 0. The maximum atomic E-state index is 11.3. The van der Waals surface area contributed by atoms with Crippen molar-refractivity contribution in [3.8, 4) is 0 Å². The summed E-state index contributed by atoms with van der Waals surface area (Å²) in [5.41, 5.74) is 0. The molecule has 1 heterocycles. The first kappa shape index (κ1) is 12.7.